The van der Waals surface area contributed by atoms with Crippen LogP contribution in [0.5, 0.6) is 5.88 Å². The summed E-state index contributed by atoms with van der Waals surface area (Å²) in [5.41, 5.74) is 1.67. The SMILES string of the molecule is COc1nc2c(cc1CN1CCCC(O)(CN(C)C)C1)C(=O)N(C(C)C)C2. The van der Waals surface area contributed by atoms with E-state index in [1.165, 1.54) is 0 Å². The Hall–Kier alpha value is -1.70. The summed E-state index contributed by atoms with van der Waals surface area (Å²) < 4.78 is 5.52. The van der Waals surface area contributed by atoms with Gasteiger partial charge in [0, 0.05) is 31.2 Å². The second-order valence-electron chi connectivity index (χ2n) is 8.45. The number of likely N-dealkylation sites (tertiary alicyclic amines) is 1. The number of fused-ring (bicyclic) bond motifs is 1. The molecule has 0 saturated carbocycles. The van der Waals surface area contributed by atoms with Crippen LogP contribution in [0, 0.1) is 0 Å². The van der Waals surface area contributed by atoms with Crippen LogP contribution in [0.3, 0.4) is 0 Å². The lowest BCUT2D eigenvalue weighted by Gasteiger charge is -2.40. The molecule has 3 rings (SSSR count). The molecule has 1 aromatic heterocycles. The topological polar surface area (TPSA) is 69.1 Å². The fraction of sp³-hybridized carbons (Fsp3) is 0.700. The van der Waals surface area contributed by atoms with Gasteiger partial charge < -0.3 is 19.6 Å². The van der Waals surface area contributed by atoms with E-state index >= 15 is 0 Å². The molecule has 0 radical (unpaired) electrons. The van der Waals surface area contributed by atoms with Crippen molar-refractivity contribution in [3.63, 3.8) is 0 Å². The number of aliphatic hydroxyl groups is 1. The second kappa shape index (κ2) is 7.73. The zero-order valence-corrected chi connectivity index (χ0v) is 17.2. The molecule has 7 heteroatoms. The third kappa shape index (κ3) is 4.25. The van der Waals surface area contributed by atoms with E-state index in [0.717, 1.165) is 30.6 Å². The van der Waals surface area contributed by atoms with Crippen LogP contribution >= 0.6 is 0 Å². The van der Waals surface area contributed by atoms with Crippen LogP contribution in [-0.2, 0) is 13.1 Å². The van der Waals surface area contributed by atoms with Crippen molar-refractivity contribution in [2.45, 2.75) is 51.4 Å². The minimum absolute atomic E-state index is 0.0409. The molecule has 1 unspecified atom stereocenters. The molecule has 0 aromatic carbocycles. The van der Waals surface area contributed by atoms with Crippen molar-refractivity contribution in [1.82, 2.24) is 19.7 Å². The summed E-state index contributed by atoms with van der Waals surface area (Å²) in [7, 11) is 5.58. The van der Waals surface area contributed by atoms with Crippen molar-refractivity contribution in [2.24, 2.45) is 0 Å². The molecule has 0 aliphatic carbocycles. The van der Waals surface area contributed by atoms with Gasteiger partial charge in [0.05, 0.1) is 30.5 Å². The summed E-state index contributed by atoms with van der Waals surface area (Å²) in [4.78, 5) is 23.4. The number of rotatable bonds is 6. The lowest BCUT2D eigenvalue weighted by molar-refractivity contribution is -0.0481. The number of piperidine rings is 1. The highest BCUT2D eigenvalue weighted by molar-refractivity contribution is 5.98. The van der Waals surface area contributed by atoms with Crippen molar-refractivity contribution >= 4 is 5.91 Å². The van der Waals surface area contributed by atoms with Gasteiger partial charge in [0.1, 0.15) is 0 Å². The van der Waals surface area contributed by atoms with Gasteiger partial charge in [-0.25, -0.2) is 4.98 Å². The van der Waals surface area contributed by atoms with Crippen molar-refractivity contribution in [2.75, 3.05) is 40.8 Å². The van der Waals surface area contributed by atoms with Gasteiger partial charge in [-0.2, -0.15) is 0 Å². The van der Waals surface area contributed by atoms with Crippen molar-refractivity contribution in [3.05, 3.63) is 22.9 Å². The lowest BCUT2D eigenvalue weighted by Crippen LogP contribution is -2.52. The van der Waals surface area contributed by atoms with Gasteiger partial charge in [-0.15, -0.1) is 0 Å². The quantitative estimate of drug-likeness (QED) is 0.808. The highest BCUT2D eigenvalue weighted by Gasteiger charge is 2.35. The number of carbonyl (C=O) groups excluding carboxylic acids is 1. The molecule has 2 aliphatic heterocycles. The standard InChI is InChI=1S/C20H32N4O3/c1-14(2)24-11-17-16(19(24)25)9-15(18(21-17)27-5)10-23-8-6-7-20(26,13-23)12-22(3)4/h9,14,26H,6-8,10-13H2,1-5H3. The maximum absolute atomic E-state index is 12.7. The zero-order chi connectivity index (χ0) is 19.8. The molecular weight excluding hydrogens is 344 g/mol. The third-order valence-corrected chi connectivity index (χ3v) is 5.41. The Bertz CT molecular complexity index is 707. The number of amides is 1. The predicted molar refractivity (Wildman–Crippen MR) is 104 cm³/mol. The number of β-amino-alcohol motifs (C(OH)–C–C–N with tert-alkyl or cyclic N) is 1. The molecule has 7 nitrogen and oxygen atoms in total. The van der Waals surface area contributed by atoms with Crippen molar-refractivity contribution in [1.29, 1.82) is 0 Å². The largest absolute Gasteiger partial charge is 0.481 e. The molecule has 150 valence electrons. The molecule has 27 heavy (non-hydrogen) atoms. The fourth-order valence-electron chi connectivity index (χ4n) is 4.27. The van der Waals surface area contributed by atoms with Gasteiger partial charge in [0.2, 0.25) is 5.88 Å². The molecule has 0 bridgehead atoms. The number of aromatic nitrogens is 1. The first-order valence-corrected chi connectivity index (χ1v) is 9.69. The monoisotopic (exact) mass is 376 g/mol. The van der Waals surface area contributed by atoms with Crippen LogP contribution in [0.2, 0.25) is 0 Å². The fourth-order valence-corrected chi connectivity index (χ4v) is 4.27. The van der Waals surface area contributed by atoms with Crippen LogP contribution in [0.1, 0.15) is 48.3 Å². The van der Waals surface area contributed by atoms with E-state index in [9.17, 15) is 9.90 Å². The second-order valence-corrected chi connectivity index (χ2v) is 8.45. The van der Waals surface area contributed by atoms with Gasteiger partial charge in [-0.3, -0.25) is 9.69 Å². The number of pyridine rings is 1. The molecule has 1 fully saturated rings. The summed E-state index contributed by atoms with van der Waals surface area (Å²) in [5.74, 6) is 0.619. The Morgan fingerprint density at radius 2 is 2.15 bits per heavy atom. The average molecular weight is 377 g/mol. The Morgan fingerprint density at radius 3 is 2.78 bits per heavy atom. The maximum atomic E-state index is 12.7. The highest BCUT2D eigenvalue weighted by Crippen LogP contribution is 2.30. The van der Waals surface area contributed by atoms with Crippen molar-refractivity contribution in [3.8, 4) is 5.88 Å². The summed E-state index contributed by atoms with van der Waals surface area (Å²) in [5, 5.41) is 10.9. The number of ether oxygens (including phenoxy) is 1. The van der Waals surface area contributed by atoms with Crippen molar-refractivity contribution < 1.29 is 14.6 Å². The molecule has 2 aliphatic rings. The first kappa shape index (κ1) is 20.0. The average Bonchev–Trinajstić information content (AvgIpc) is 2.89. The highest BCUT2D eigenvalue weighted by atomic mass is 16.5. The number of carbonyl (C=O) groups is 1. The first-order chi connectivity index (χ1) is 12.7. The smallest absolute Gasteiger partial charge is 0.256 e. The van der Waals surface area contributed by atoms with E-state index in [-0.39, 0.29) is 11.9 Å². The molecule has 1 atom stereocenters. The normalized spacial score (nSPS) is 23.4. The Kier molecular flexibility index (Phi) is 5.74. The van der Waals surface area contributed by atoms with E-state index < -0.39 is 5.60 Å². The molecular formula is C20H32N4O3. The van der Waals surface area contributed by atoms with Crippen LogP contribution in [0.25, 0.3) is 0 Å². The summed E-state index contributed by atoms with van der Waals surface area (Å²) in [6, 6.07) is 2.08. The van der Waals surface area contributed by atoms with E-state index in [4.69, 9.17) is 4.74 Å². The minimum Gasteiger partial charge on any atom is -0.481 e. The molecule has 1 amide bonds. The zero-order valence-electron chi connectivity index (χ0n) is 17.2. The van der Waals surface area contributed by atoms with Crippen LogP contribution < -0.4 is 4.74 Å². The molecule has 3 heterocycles. The summed E-state index contributed by atoms with van der Waals surface area (Å²) >= 11 is 0. The van der Waals surface area contributed by atoms with Crippen LogP contribution in [0.4, 0.5) is 0 Å². The van der Waals surface area contributed by atoms with Gasteiger partial charge >= 0.3 is 0 Å². The molecule has 1 aromatic rings. The van der Waals surface area contributed by atoms with E-state index in [2.05, 4.69) is 9.88 Å². The summed E-state index contributed by atoms with van der Waals surface area (Å²) in [6.45, 7) is 7.36. The third-order valence-electron chi connectivity index (χ3n) is 5.41. The van der Waals surface area contributed by atoms with Gasteiger partial charge in [-0.1, -0.05) is 0 Å². The Morgan fingerprint density at radius 1 is 1.41 bits per heavy atom. The van der Waals surface area contributed by atoms with Gasteiger partial charge in [-0.05, 0) is 53.4 Å². The Balaban J connectivity index is 1.80. The van der Waals surface area contributed by atoms with Gasteiger partial charge in [0.15, 0.2) is 0 Å². The van der Waals surface area contributed by atoms with E-state index in [1.807, 2.05) is 43.8 Å². The van der Waals surface area contributed by atoms with Crippen LogP contribution in [-0.4, -0.2) is 83.2 Å². The van der Waals surface area contributed by atoms with E-state index in [1.54, 1.807) is 7.11 Å². The molecule has 1 saturated heterocycles. The van der Waals surface area contributed by atoms with Crippen LogP contribution in [0.15, 0.2) is 6.07 Å². The van der Waals surface area contributed by atoms with Gasteiger partial charge in [0.25, 0.3) is 5.91 Å². The molecule has 0 spiro atoms. The Labute approximate surface area is 161 Å². The lowest BCUT2D eigenvalue weighted by atomic mass is 9.92. The predicted octanol–water partition coefficient (Wildman–Crippen LogP) is 1.34. The minimum atomic E-state index is -0.705. The number of hydrogen-bond acceptors (Lipinski definition) is 6. The number of likely N-dealkylation sites (N-methyl/N-ethyl adjacent to an activating group) is 1. The van der Waals surface area contributed by atoms with E-state index in [0.29, 0.717) is 37.6 Å². The maximum Gasteiger partial charge on any atom is 0.256 e. The number of methoxy groups -OCH3 is 1. The number of nitrogens with zero attached hydrogens (tertiary/aromatic N) is 4. The molecule has 1 N–H and O–H groups in total. The first-order valence-electron chi connectivity index (χ1n) is 9.69. The number of hydrogen-bond donors (Lipinski definition) is 1. The summed E-state index contributed by atoms with van der Waals surface area (Å²) in [6.07, 6.45) is 1.76.